The molecular formula is C12H15N5O. The number of aromatic nitrogens is 4. The van der Waals surface area contributed by atoms with Crippen LogP contribution >= 0.6 is 0 Å². The number of nitrogens with zero attached hydrogens (tertiary/aromatic N) is 5. The lowest BCUT2D eigenvalue weighted by Gasteiger charge is -2.04. The van der Waals surface area contributed by atoms with E-state index in [-0.39, 0.29) is 0 Å². The molecule has 0 amide bonds. The van der Waals surface area contributed by atoms with E-state index in [9.17, 15) is 0 Å². The van der Waals surface area contributed by atoms with Gasteiger partial charge in [-0.25, -0.2) is 9.97 Å². The summed E-state index contributed by atoms with van der Waals surface area (Å²) in [5.41, 5.74) is 1.24. The molecule has 94 valence electrons. The Balaban J connectivity index is 1.44. The topological polar surface area (TPSA) is 55.8 Å². The third kappa shape index (κ3) is 2.65. The zero-order valence-electron chi connectivity index (χ0n) is 10.2. The van der Waals surface area contributed by atoms with Gasteiger partial charge < -0.3 is 4.74 Å². The van der Waals surface area contributed by atoms with Crippen LogP contribution in [-0.4, -0.2) is 43.8 Å². The third-order valence-electron chi connectivity index (χ3n) is 2.95. The zero-order chi connectivity index (χ0) is 12.4. The van der Waals surface area contributed by atoms with Crippen LogP contribution in [0.1, 0.15) is 5.56 Å². The van der Waals surface area contributed by atoms with E-state index in [0.717, 1.165) is 18.8 Å². The molecule has 0 aromatic carbocycles. The number of aryl methyl sites for hydroxylation is 1. The summed E-state index contributed by atoms with van der Waals surface area (Å²) in [6.45, 7) is 2.70. The van der Waals surface area contributed by atoms with Gasteiger partial charge in [0.25, 0.3) is 0 Å². The molecule has 2 aromatic rings. The summed E-state index contributed by atoms with van der Waals surface area (Å²) in [5.74, 6) is 0.728. The monoisotopic (exact) mass is 245 g/mol. The summed E-state index contributed by atoms with van der Waals surface area (Å²) in [6.07, 6.45) is 8.81. The Kier molecular flexibility index (Phi) is 2.93. The molecule has 0 radical (unpaired) electrons. The molecule has 2 unspecified atom stereocenters. The van der Waals surface area contributed by atoms with Gasteiger partial charge in [-0.1, -0.05) is 0 Å². The third-order valence-corrected chi connectivity index (χ3v) is 2.95. The normalized spacial score (nSPS) is 21.8. The number of hydrogen-bond acceptors (Lipinski definition) is 5. The van der Waals surface area contributed by atoms with Crippen LogP contribution in [0.2, 0.25) is 0 Å². The van der Waals surface area contributed by atoms with Gasteiger partial charge in [-0.3, -0.25) is 9.58 Å². The van der Waals surface area contributed by atoms with Crippen molar-refractivity contribution in [3.8, 4) is 5.75 Å². The quantitative estimate of drug-likeness (QED) is 0.717. The molecule has 6 nitrogen and oxygen atoms in total. The highest BCUT2D eigenvalue weighted by Crippen LogP contribution is 2.21. The molecule has 0 bridgehead atoms. The molecule has 6 heteroatoms. The van der Waals surface area contributed by atoms with Crippen LogP contribution < -0.4 is 4.74 Å². The summed E-state index contributed by atoms with van der Waals surface area (Å²) in [7, 11) is 1.93. The Hall–Kier alpha value is -1.95. The van der Waals surface area contributed by atoms with E-state index >= 15 is 0 Å². The molecule has 3 heterocycles. The van der Waals surface area contributed by atoms with Crippen molar-refractivity contribution < 1.29 is 4.74 Å². The fourth-order valence-electron chi connectivity index (χ4n) is 1.92. The standard InChI is InChI=1S/C12H15N5O/c1-16-5-10(2-15-16)6-17-7-11(17)8-18-12-3-13-9-14-4-12/h2-5,9,11H,6-8H2,1H3. The minimum absolute atomic E-state index is 0.491. The van der Waals surface area contributed by atoms with E-state index in [2.05, 4.69) is 20.0 Å². The molecule has 0 saturated carbocycles. The first-order valence-corrected chi connectivity index (χ1v) is 5.90. The van der Waals surface area contributed by atoms with Gasteiger partial charge in [0.05, 0.1) is 24.6 Å². The van der Waals surface area contributed by atoms with Gasteiger partial charge in [-0.2, -0.15) is 5.10 Å². The first-order chi connectivity index (χ1) is 8.81. The SMILES string of the molecule is Cn1cc(CN2CC2COc2cncnc2)cn1. The molecule has 1 saturated heterocycles. The second kappa shape index (κ2) is 4.73. The Bertz CT molecular complexity index is 512. The zero-order valence-corrected chi connectivity index (χ0v) is 10.2. The van der Waals surface area contributed by atoms with Crippen molar-refractivity contribution in [3.63, 3.8) is 0 Å². The van der Waals surface area contributed by atoms with Crippen LogP contribution in [0.25, 0.3) is 0 Å². The van der Waals surface area contributed by atoms with Crippen LogP contribution in [-0.2, 0) is 13.6 Å². The van der Waals surface area contributed by atoms with Gasteiger partial charge >= 0.3 is 0 Å². The molecule has 2 aromatic heterocycles. The average Bonchev–Trinajstić information content (AvgIpc) is 3.00. The average molecular weight is 245 g/mol. The van der Waals surface area contributed by atoms with Crippen LogP contribution in [0.5, 0.6) is 5.75 Å². The Morgan fingerprint density at radius 1 is 1.33 bits per heavy atom. The fourth-order valence-corrected chi connectivity index (χ4v) is 1.92. The second-order valence-corrected chi connectivity index (χ2v) is 4.49. The van der Waals surface area contributed by atoms with Gasteiger partial charge in [0.2, 0.25) is 0 Å². The summed E-state index contributed by atoms with van der Waals surface area (Å²) < 4.78 is 7.44. The molecule has 1 aliphatic heterocycles. The molecule has 3 rings (SSSR count). The molecule has 0 N–H and O–H groups in total. The van der Waals surface area contributed by atoms with Crippen LogP contribution in [0.4, 0.5) is 0 Å². The molecular weight excluding hydrogens is 230 g/mol. The number of hydrogen-bond donors (Lipinski definition) is 0. The van der Waals surface area contributed by atoms with Crippen molar-refractivity contribution in [1.82, 2.24) is 24.6 Å². The maximum Gasteiger partial charge on any atom is 0.155 e. The summed E-state index contributed by atoms with van der Waals surface area (Å²) >= 11 is 0. The number of rotatable bonds is 5. The van der Waals surface area contributed by atoms with E-state index in [1.165, 1.54) is 11.9 Å². The predicted octanol–water partition coefficient (Wildman–Crippen LogP) is 0.473. The minimum atomic E-state index is 0.491. The predicted molar refractivity (Wildman–Crippen MR) is 64.9 cm³/mol. The van der Waals surface area contributed by atoms with E-state index in [1.807, 2.05) is 24.1 Å². The second-order valence-electron chi connectivity index (χ2n) is 4.49. The van der Waals surface area contributed by atoms with E-state index < -0.39 is 0 Å². The van der Waals surface area contributed by atoms with Crippen LogP contribution in [0.3, 0.4) is 0 Å². The minimum Gasteiger partial charge on any atom is -0.489 e. The van der Waals surface area contributed by atoms with Crippen molar-refractivity contribution in [1.29, 1.82) is 0 Å². The van der Waals surface area contributed by atoms with Gasteiger partial charge in [-0.05, 0) is 0 Å². The van der Waals surface area contributed by atoms with Crippen molar-refractivity contribution in [2.24, 2.45) is 7.05 Å². The molecule has 18 heavy (non-hydrogen) atoms. The summed E-state index contributed by atoms with van der Waals surface area (Å²) in [4.78, 5) is 10.2. The molecule has 0 spiro atoms. The maximum absolute atomic E-state index is 5.62. The van der Waals surface area contributed by atoms with E-state index in [0.29, 0.717) is 12.6 Å². The van der Waals surface area contributed by atoms with E-state index in [1.54, 1.807) is 12.4 Å². The van der Waals surface area contributed by atoms with Gasteiger partial charge in [-0.15, -0.1) is 0 Å². The van der Waals surface area contributed by atoms with Crippen LogP contribution in [0, 0.1) is 0 Å². The smallest absolute Gasteiger partial charge is 0.155 e. The van der Waals surface area contributed by atoms with Crippen molar-refractivity contribution in [3.05, 3.63) is 36.7 Å². The van der Waals surface area contributed by atoms with Crippen molar-refractivity contribution >= 4 is 0 Å². The lowest BCUT2D eigenvalue weighted by molar-refractivity contribution is 0.290. The Morgan fingerprint density at radius 2 is 2.17 bits per heavy atom. The highest BCUT2D eigenvalue weighted by atomic mass is 16.5. The Labute approximate surface area is 105 Å². The molecule has 2 atom stereocenters. The van der Waals surface area contributed by atoms with Gasteiger partial charge in [0.15, 0.2) is 5.75 Å². The van der Waals surface area contributed by atoms with Crippen molar-refractivity contribution in [2.75, 3.05) is 13.2 Å². The van der Waals surface area contributed by atoms with Gasteiger partial charge in [0.1, 0.15) is 12.9 Å². The summed E-state index contributed by atoms with van der Waals surface area (Å²) in [5, 5.41) is 4.16. The maximum atomic E-state index is 5.62. The largest absolute Gasteiger partial charge is 0.489 e. The summed E-state index contributed by atoms with van der Waals surface area (Å²) in [6, 6.07) is 0.491. The highest BCUT2D eigenvalue weighted by Gasteiger charge is 2.34. The first-order valence-electron chi connectivity index (χ1n) is 5.90. The fraction of sp³-hybridized carbons (Fsp3) is 0.417. The Morgan fingerprint density at radius 3 is 2.89 bits per heavy atom. The molecule has 1 fully saturated rings. The highest BCUT2D eigenvalue weighted by molar-refractivity contribution is 5.11. The van der Waals surface area contributed by atoms with Crippen LogP contribution in [0.15, 0.2) is 31.1 Å². The molecule has 1 aliphatic rings. The molecule has 0 aliphatic carbocycles. The van der Waals surface area contributed by atoms with Crippen molar-refractivity contribution in [2.45, 2.75) is 12.6 Å². The lowest BCUT2D eigenvalue weighted by Crippen LogP contribution is -2.10. The lowest BCUT2D eigenvalue weighted by atomic mass is 10.3. The number of ether oxygens (including phenoxy) is 1. The van der Waals surface area contributed by atoms with Gasteiger partial charge in [0, 0.05) is 31.9 Å². The first kappa shape index (κ1) is 11.2. The van der Waals surface area contributed by atoms with E-state index in [4.69, 9.17) is 4.74 Å².